The highest BCUT2D eigenvalue weighted by atomic mass is 35.5. The van der Waals surface area contributed by atoms with Crippen LogP contribution in [0.5, 0.6) is 0 Å². The van der Waals surface area contributed by atoms with Gasteiger partial charge in [0, 0.05) is 0 Å². The van der Waals surface area contributed by atoms with Crippen LogP contribution in [0, 0.1) is 0 Å². The zero-order valence-corrected chi connectivity index (χ0v) is 9.99. The number of carbonyl (C=O) groups excluding carboxylic acids is 1. The minimum absolute atomic E-state index is 0.00157. The van der Waals surface area contributed by atoms with E-state index in [4.69, 9.17) is 0 Å². The average molecular weight is 265 g/mol. The molecule has 0 aliphatic carbocycles. The van der Waals surface area contributed by atoms with Gasteiger partial charge in [0.1, 0.15) is 6.16 Å². The molecule has 0 bridgehead atoms. The summed E-state index contributed by atoms with van der Waals surface area (Å²) in [6.07, 6.45) is -1.02. The molecule has 0 aromatic heterocycles. The summed E-state index contributed by atoms with van der Waals surface area (Å²) in [7, 11) is -3.79. The number of hydrogen-bond donors (Lipinski definition) is 0. The molecule has 90 valence electrons. The molecule has 0 unspecified atom stereocenters. The van der Waals surface area contributed by atoms with Crippen molar-refractivity contribution in [2.75, 3.05) is 19.4 Å². The maximum atomic E-state index is 12.3. The molecular weight excluding hydrogens is 252 g/mol. The fraction of sp³-hybridized carbons (Fsp3) is 0.857. The van der Waals surface area contributed by atoms with E-state index in [9.17, 15) is 18.1 Å². The lowest BCUT2D eigenvalue weighted by Crippen LogP contribution is -2.25. The second kappa shape index (κ2) is 5.89. The molecule has 0 fully saturated rings. The number of ketones is 1. The van der Waals surface area contributed by atoms with Gasteiger partial charge in [-0.05, 0) is 25.4 Å². The van der Waals surface area contributed by atoms with Crippen LogP contribution >= 0.6 is 19.2 Å². The maximum Gasteiger partial charge on any atom is 0.381 e. The molecule has 0 atom stereocenters. The topological polar surface area (TPSA) is 52.6 Å². The van der Waals surface area contributed by atoms with E-state index in [1.165, 1.54) is 13.8 Å². The smallest absolute Gasteiger partial charge is 0.309 e. The lowest BCUT2D eigenvalue weighted by atomic mass is 10.5. The fourth-order valence-electron chi connectivity index (χ4n) is 0.787. The van der Waals surface area contributed by atoms with Crippen LogP contribution in [-0.2, 0) is 18.4 Å². The fourth-order valence-corrected chi connectivity index (χ4v) is 2.54. The lowest BCUT2D eigenvalue weighted by molar-refractivity contribution is -0.130. The maximum absolute atomic E-state index is 12.3. The van der Waals surface area contributed by atoms with Gasteiger partial charge in [0.15, 0.2) is 0 Å². The van der Waals surface area contributed by atoms with E-state index < -0.39 is 24.9 Å². The van der Waals surface area contributed by atoms with E-state index in [1.807, 2.05) is 0 Å². The largest absolute Gasteiger partial charge is 0.381 e. The highest BCUT2D eigenvalue weighted by Gasteiger charge is 2.41. The highest BCUT2D eigenvalue weighted by Crippen LogP contribution is 2.49. The summed E-state index contributed by atoms with van der Waals surface area (Å²) in [5.74, 6) is -1.67. The summed E-state index contributed by atoms with van der Waals surface area (Å²) in [4.78, 5) is 10.8. The Balaban J connectivity index is 4.55. The van der Waals surface area contributed by atoms with Crippen LogP contribution in [0.1, 0.15) is 13.8 Å². The van der Waals surface area contributed by atoms with Crippen molar-refractivity contribution in [1.82, 2.24) is 0 Å². The molecule has 0 N–H and O–H groups in total. The van der Waals surface area contributed by atoms with E-state index in [0.29, 0.717) is 0 Å². The molecule has 0 radical (unpaired) electrons. The molecule has 0 saturated carbocycles. The molecule has 0 spiro atoms. The van der Waals surface area contributed by atoms with Crippen molar-refractivity contribution in [2.24, 2.45) is 0 Å². The molecule has 0 saturated heterocycles. The first-order chi connectivity index (χ1) is 6.75. The number of alkyl halides is 3. The monoisotopic (exact) mass is 264 g/mol. The Morgan fingerprint density at radius 2 is 1.73 bits per heavy atom. The number of carbonyl (C=O) groups is 1. The zero-order valence-electron chi connectivity index (χ0n) is 8.34. The third-order valence-corrected chi connectivity index (χ3v) is 3.49. The molecule has 0 rings (SSSR count). The molecule has 0 aromatic rings. The van der Waals surface area contributed by atoms with Gasteiger partial charge in [-0.1, -0.05) is 0 Å². The standard InChI is InChI=1S/C7H12ClF2O4P/c1-3-13-15(12,14-4-2)5-6(11)7(8,9)10/h3-5H2,1-2H3. The molecule has 0 aromatic carbocycles. The van der Waals surface area contributed by atoms with Crippen molar-refractivity contribution in [3.63, 3.8) is 0 Å². The van der Waals surface area contributed by atoms with Gasteiger partial charge >= 0.3 is 13.0 Å². The Hall–Kier alpha value is -0.0300. The number of Topliss-reactive ketones (excluding diaryl/α,β-unsaturated/α-hetero) is 1. The summed E-state index contributed by atoms with van der Waals surface area (Å²) in [6.45, 7) is 3.01. The molecule has 4 nitrogen and oxygen atoms in total. The number of hydrogen-bond acceptors (Lipinski definition) is 4. The van der Waals surface area contributed by atoms with Gasteiger partial charge in [0.25, 0.3) is 0 Å². The Morgan fingerprint density at radius 1 is 1.33 bits per heavy atom. The first-order valence-electron chi connectivity index (χ1n) is 4.23. The second-order valence-electron chi connectivity index (χ2n) is 2.53. The molecule has 0 aliphatic heterocycles. The van der Waals surface area contributed by atoms with Crippen LogP contribution in [-0.4, -0.2) is 30.5 Å². The molecule has 0 aliphatic rings. The van der Waals surface area contributed by atoms with E-state index in [-0.39, 0.29) is 13.2 Å². The van der Waals surface area contributed by atoms with Gasteiger partial charge < -0.3 is 9.05 Å². The molecule has 0 amide bonds. The summed E-state index contributed by atoms with van der Waals surface area (Å²) < 4.78 is 45.5. The first kappa shape index (κ1) is 15.0. The predicted octanol–water partition coefficient (Wildman–Crippen LogP) is 2.65. The van der Waals surface area contributed by atoms with Crippen molar-refractivity contribution in [1.29, 1.82) is 0 Å². The Kier molecular flexibility index (Phi) is 5.88. The van der Waals surface area contributed by atoms with E-state index in [1.54, 1.807) is 0 Å². The Labute approximate surface area is 91.4 Å². The molecule has 15 heavy (non-hydrogen) atoms. The summed E-state index contributed by atoms with van der Waals surface area (Å²) in [5.41, 5.74) is 0. The van der Waals surface area contributed by atoms with Crippen molar-refractivity contribution in [3.05, 3.63) is 0 Å². The van der Waals surface area contributed by atoms with Gasteiger partial charge in [-0.2, -0.15) is 8.78 Å². The van der Waals surface area contributed by atoms with Gasteiger partial charge in [0.05, 0.1) is 13.2 Å². The van der Waals surface area contributed by atoms with Gasteiger partial charge in [-0.3, -0.25) is 9.36 Å². The average Bonchev–Trinajstić information content (AvgIpc) is 2.02. The van der Waals surface area contributed by atoms with Crippen LogP contribution in [0.2, 0.25) is 0 Å². The van der Waals surface area contributed by atoms with Gasteiger partial charge in [-0.15, -0.1) is 0 Å². The minimum Gasteiger partial charge on any atom is -0.309 e. The normalized spacial score (nSPS) is 12.9. The zero-order chi connectivity index (χ0) is 12.1. The summed E-state index contributed by atoms with van der Waals surface area (Å²) >= 11 is 4.47. The lowest BCUT2D eigenvalue weighted by Gasteiger charge is -2.17. The Bertz CT molecular complexity index is 256. The number of halogens is 3. The van der Waals surface area contributed by atoms with Crippen molar-refractivity contribution >= 4 is 25.0 Å². The first-order valence-corrected chi connectivity index (χ1v) is 6.34. The van der Waals surface area contributed by atoms with E-state index >= 15 is 0 Å². The quantitative estimate of drug-likeness (QED) is 0.524. The Morgan fingerprint density at radius 3 is 2.00 bits per heavy atom. The SMILES string of the molecule is CCOP(=O)(CC(=O)C(F)(F)Cl)OCC. The van der Waals surface area contributed by atoms with E-state index in [2.05, 4.69) is 20.6 Å². The van der Waals surface area contributed by atoms with Crippen LogP contribution < -0.4 is 0 Å². The van der Waals surface area contributed by atoms with Gasteiger partial charge in [-0.25, -0.2) is 0 Å². The number of rotatable bonds is 7. The van der Waals surface area contributed by atoms with E-state index in [0.717, 1.165) is 0 Å². The highest BCUT2D eigenvalue weighted by molar-refractivity contribution is 7.54. The second-order valence-corrected chi connectivity index (χ2v) is 5.05. The van der Waals surface area contributed by atoms with Crippen molar-refractivity contribution in [3.8, 4) is 0 Å². The van der Waals surface area contributed by atoms with Crippen LogP contribution in [0.4, 0.5) is 8.78 Å². The van der Waals surface area contributed by atoms with Crippen LogP contribution in [0.25, 0.3) is 0 Å². The third-order valence-electron chi connectivity index (χ3n) is 1.31. The van der Waals surface area contributed by atoms with Crippen molar-refractivity contribution < 1.29 is 27.2 Å². The molecule has 8 heteroatoms. The third kappa shape index (κ3) is 5.56. The van der Waals surface area contributed by atoms with Crippen LogP contribution in [0.3, 0.4) is 0 Å². The minimum atomic E-state index is -4.04. The molecular formula is C7H12ClF2O4P. The molecule has 0 heterocycles. The van der Waals surface area contributed by atoms with Gasteiger partial charge in [0.2, 0.25) is 5.78 Å². The predicted molar refractivity (Wildman–Crippen MR) is 51.5 cm³/mol. The summed E-state index contributed by atoms with van der Waals surface area (Å²) in [5, 5.41) is -4.04. The van der Waals surface area contributed by atoms with Crippen LogP contribution in [0.15, 0.2) is 0 Å². The summed E-state index contributed by atoms with van der Waals surface area (Å²) in [6, 6.07) is 0. The van der Waals surface area contributed by atoms with Crippen molar-refractivity contribution in [2.45, 2.75) is 19.2 Å².